The van der Waals surface area contributed by atoms with E-state index in [1.54, 1.807) is 0 Å². The molecule has 0 spiro atoms. The van der Waals surface area contributed by atoms with Crippen molar-refractivity contribution < 1.29 is 14.2 Å². The molecule has 3 heteroatoms. The highest BCUT2D eigenvalue weighted by Gasteiger charge is 2.07. The minimum Gasteiger partial charge on any atom is -0.494 e. The van der Waals surface area contributed by atoms with E-state index < -0.39 is 11.9 Å². The Morgan fingerprint density at radius 2 is 2.31 bits per heavy atom. The first-order valence-electron chi connectivity index (χ1n) is 3.66. The third kappa shape index (κ3) is 1.98. The van der Waals surface area contributed by atoms with Gasteiger partial charge in [-0.05, 0) is 17.7 Å². The van der Waals surface area contributed by atoms with Gasteiger partial charge in [0.2, 0.25) is 0 Å². The van der Waals surface area contributed by atoms with Crippen molar-refractivity contribution in [3.05, 3.63) is 29.6 Å². The maximum absolute atomic E-state index is 13.0. The van der Waals surface area contributed by atoms with E-state index in [-0.39, 0.29) is 5.75 Å². The molecule has 13 heavy (non-hydrogen) atoms. The summed E-state index contributed by atoms with van der Waals surface area (Å²) in [7, 11) is 1.37. The standard InChI is InChI=1S/C10H9FO2/c1-3-9(12)7-4-5-10(13-2)8(11)6-7/h1,4-6,9,12H,2H3. The summed E-state index contributed by atoms with van der Waals surface area (Å²) in [6.45, 7) is 0. The Hall–Kier alpha value is -1.53. The van der Waals surface area contributed by atoms with Gasteiger partial charge in [-0.25, -0.2) is 4.39 Å². The number of halogens is 1. The lowest BCUT2D eigenvalue weighted by Crippen LogP contribution is -1.95. The van der Waals surface area contributed by atoms with Gasteiger partial charge < -0.3 is 9.84 Å². The van der Waals surface area contributed by atoms with Crippen LogP contribution in [0.4, 0.5) is 4.39 Å². The Bertz CT molecular complexity index is 341. The molecule has 0 radical (unpaired) electrons. The highest BCUT2D eigenvalue weighted by molar-refractivity contribution is 5.32. The average molecular weight is 180 g/mol. The van der Waals surface area contributed by atoms with Crippen LogP contribution in [0, 0.1) is 18.2 Å². The van der Waals surface area contributed by atoms with Gasteiger partial charge in [-0.1, -0.05) is 12.0 Å². The quantitative estimate of drug-likeness (QED) is 0.699. The maximum atomic E-state index is 13.0. The van der Waals surface area contributed by atoms with E-state index in [1.807, 2.05) is 0 Å². The molecule has 0 aliphatic heterocycles. The van der Waals surface area contributed by atoms with Crippen LogP contribution in [0.15, 0.2) is 18.2 Å². The first-order chi connectivity index (χ1) is 6.19. The normalized spacial score (nSPS) is 11.8. The third-order valence-corrected chi connectivity index (χ3v) is 1.65. The Kier molecular flexibility index (Phi) is 2.88. The molecule has 0 heterocycles. The summed E-state index contributed by atoms with van der Waals surface area (Å²) in [5.74, 6) is 1.69. The van der Waals surface area contributed by atoms with E-state index >= 15 is 0 Å². The largest absolute Gasteiger partial charge is 0.494 e. The molecule has 0 saturated heterocycles. The zero-order valence-electron chi connectivity index (χ0n) is 7.12. The number of hydrogen-bond acceptors (Lipinski definition) is 2. The molecule has 1 N–H and O–H groups in total. The van der Waals surface area contributed by atoms with E-state index in [4.69, 9.17) is 11.2 Å². The Labute approximate surface area is 76.0 Å². The van der Waals surface area contributed by atoms with Crippen LogP contribution in [0.5, 0.6) is 5.75 Å². The predicted molar refractivity (Wildman–Crippen MR) is 46.7 cm³/mol. The van der Waals surface area contributed by atoms with Gasteiger partial charge in [0.15, 0.2) is 11.6 Å². The number of aliphatic hydroxyl groups excluding tert-OH is 1. The zero-order valence-corrected chi connectivity index (χ0v) is 7.12. The van der Waals surface area contributed by atoms with Crippen LogP contribution in [-0.4, -0.2) is 12.2 Å². The molecule has 1 aromatic rings. The number of aliphatic hydroxyl groups is 1. The summed E-state index contributed by atoms with van der Waals surface area (Å²) < 4.78 is 17.7. The lowest BCUT2D eigenvalue weighted by molar-refractivity contribution is 0.237. The number of benzene rings is 1. The molecular weight excluding hydrogens is 171 g/mol. The van der Waals surface area contributed by atoms with Crippen molar-refractivity contribution >= 4 is 0 Å². The third-order valence-electron chi connectivity index (χ3n) is 1.65. The van der Waals surface area contributed by atoms with Crippen LogP contribution in [0.25, 0.3) is 0 Å². The molecule has 0 fully saturated rings. The smallest absolute Gasteiger partial charge is 0.165 e. The predicted octanol–water partition coefficient (Wildman–Crippen LogP) is 1.50. The van der Waals surface area contributed by atoms with Crippen molar-refractivity contribution in [1.82, 2.24) is 0 Å². The summed E-state index contributed by atoms with van der Waals surface area (Å²) in [4.78, 5) is 0. The Morgan fingerprint density at radius 1 is 1.62 bits per heavy atom. The van der Waals surface area contributed by atoms with Crippen LogP contribution in [-0.2, 0) is 0 Å². The van der Waals surface area contributed by atoms with E-state index in [0.717, 1.165) is 6.07 Å². The minimum absolute atomic E-state index is 0.132. The first kappa shape index (κ1) is 9.56. The number of ether oxygens (including phenoxy) is 1. The summed E-state index contributed by atoms with van der Waals surface area (Å²) in [6, 6.07) is 4.10. The van der Waals surface area contributed by atoms with Gasteiger partial charge in [-0.3, -0.25) is 0 Å². The molecule has 1 aromatic carbocycles. The van der Waals surface area contributed by atoms with Gasteiger partial charge in [-0.2, -0.15) is 0 Å². The molecule has 0 saturated carbocycles. The topological polar surface area (TPSA) is 29.5 Å². The molecule has 0 bridgehead atoms. The molecule has 1 atom stereocenters. The number of methoxy groups -OCH3 is 1. The van der Waals surface area contributed by atoms with E-state index in [0.29, 0.717) is 5.56 Å². The van der Waals surface area contributed by atoms with Crippen molar-refractivity contribution in [3.8, 4) is 18.1 Å². The van der Waals surface area contributed by atoms with Crippen LogP contribution in [0.2, 0.25) is 0 Å². The molecule has 1 rings (SSSR count). The summed E-state index contributed by atoms with van der Waals surface area (Å²) in [5, 5.41) is 9.17. The number of hydrogen-bond donors (Lipinski definition) is 1. The van der Waals surface area contributed by atoms with Crippen molar-refractivity contribution in [2.45, 2.75) is 6.10 Å². The van der Waals surface area contributed by atoms with Gasteiger partial charge in [-0.15, -0.1) is 6.42 Å². The van der Waals surface area contributed by atoms with Gasteiger partial charge in [0.25, 0.3) is 0 Å². The zero-order chi connectivity index (χ0) is 9.84. The number of rotatable bonds is 2. The Balaban J connectivity index is 3.04. The van der Waals surface area contributed by atoms with Gasteiger partial charge in [0.1, 0.15) is 6.10 Å². The van der Waals surface area contributed by atoms with E-state index in [1.165, 1.54) is 19.2 Å². The molecule has 0 aromatic heterocycles. The second-order valence-electron chi connectivity index (χ2n) is 2.46. The maximum Gasteiger partial charge on any atom is 0.165 e. The lowest BCUT2D eigenvalue weighted by Gasteiger charge is -2.06. The second-order valence-corrected chi connectivity index (χ2v) is 2.46. The summed E-state index contributed by atoms with van der Waals surface area (Å²) >= 11 is 0. The van der Waals surface area contributed by atoms with E-state index in [9.17, 15) is 9.50 Å². The fraction of sp³-hybridized carbons (Fsp3) is 0.200. The van der Waals surface area contributed by atoms with Crippen LogP contribution < -0.4 is 4.74 Å². The lowest BCUT2D eigenvalue weighted by atomic mass is 10.1. The molecule has 1 unspecified atom stereocenters. The molecule has 2 nitrogen and oxygen atoms in total. The van der Waals surface area contributed by atoms with Crippen LogP contribution in [0.1, 0.15) is 11.7 Å². The average Bonchev–Trinajstić information content (AvgIpc) is 2.16. The van der Waals surface area contributed by atoms with Crippen molar-refractivity contribution in [3.63, 3.8) is 0 Å². The monoisotopic (exact) mass is 180 g/mol. The molecule has 0 amide bonds. The first-order valence-corrected chi connectivity index (χ1v) is 3.66. The van der Waals surface area contributed by atoms with Gasteiger partial charge in [0.05, 0.1) is 7.11 Å². The fourth-order valence-electron chi connectivity index (χ4n) is 0.949. The molecule has 0 aliphatic carbocycles. The second kappa shape index (κ2) is 3.92. The molecular formula is C10H9FO2. The number of terminal acetylenes is 1. The van der Waals surface area contributed by atoms with E-state index in [2.05, 4.69) is 5.92 Å². The highest BCUT2D eigenvalue weighted by Crippen LogP contribution is 2.21. The summed E-state index contributed by atoms with van der Waals surface area (Å²) in [5.41, 5.74) is 0.348. The SMILES string of the molecule is C#CC(O)c1ccc(OC)c(F)c1. The van der Waals surface area contributed by atoms with Crippen LogP contribution in [0.3, 0.4) is 0 Å². The highest BCUT2D eigenvalue weighted by atomic mass is 19.1. The van der Waals surface area contributed by atoms with Crippen molar-refractivity contribution in [2.24, 2.45) is 0 Å². The molecule has 0 aliphatic rings. The van der Waals surface area contributed by atoms with Crippen LogP contribution >= 0.6 is 0 Å². The summed E-state index contributed by atoms with van der Waals surface area (Å²) in [6.07, 6.45) is 3.90. The van der Waals surface area contributed by atoms with Crippen molar-refractivity contribution in [2.75, 3.05) is 7.11 Å². The van der Waals surface area contributed by atoms with Gasteiger partial charge in [0, 0.05) is 0 Å². The van der Waals surface area contributed by atoms with Gasteiger partial charge >= 0.3 is 0 Å². The fourth-order valence-corrected chi connectivity index (χ4v) is 0.949. The molecule has 68 valence electrons. The Morgan fingerprint density at radius 3 is 2.77 bits per heavy atom. The minimum atomic E-state index is -1.07. The van der Waals surface area contributed by atoms with Crippen molar-refractivity contribution in [1.29, 1.82) is 0 Å².